The number of nitrogen functional groups attached to an aromatic ring is 1. The molecule has 0 atom stereocenters. The molecule has 616 valence electrons. The molecule has 8 aromatic rings. The van der Waals surface area contributed by atoms with Crippen LogP contribution in [0.4, 0.5) is 38.9 Å². The van der Waals surface area contributed by atoms with Crippen molar-refractivity contribution in [3.8, 4) is 22.3 Å². The standard InChI is InChI=1S/C28H27N3O4.C15H10ClNO2.C14H20N2O2.C13H18N2O2.C10H17NO3.C8H9NO2.2ClH/c1-35-28(34)23-8-4-5-9-25(23)29-18-12-14-31(15-13-18)17-26(32)30-19-10-11-22-24(16-19)20-6-2-3-7-21(20)27(22)33;16-8-14(18)17-9-5-6-12-13(7-9)10-3-1-2-4-11(10)15(12)19;1-16-9-7-11(8-10-16)15-13-6-4-3-5-12(13)14(17)18-2;1-17-13(16)11-4-2-3-5-12(11)15-10-6-8-14-9-7-10;1-10(2,3)14-9(13)11-6-4-8(12)5-7-11;1-11-8(10)6-4-2-3-5-7(6)9;;/h2-11,16,18,29H,12-15,17H2,1H3,(H,30,32);1-7H,8H2,(H,17,18);3-6,11,15H,7-10H2,1-2H3;2-5,10,14-15H,6-9H2,1H3;4-7H2,1-3H3;2-5H,9H2,1H3;2*1H. The number of hydrogen-bond donors (Lipinski definition) is 7. The SMILES string of the molecule is CC(C)(C)OC(=O)N1CCC(=O)CC1.COC(=O)c1ccccc1N.COC(=O)c1ccccc1NC1CCN(C)CC1.COC(=O)c1ccccc1NC1CCN(CC(=O)Nc2ccc3c(c2)-c2ccccc2C3=O)CC1.COC(=O)c1ccccc1NC1CCNCC1.Cl.Cl.O=C(CCl)Nc1ccc2c(c1)-c1ccccc1C2=O. The predicted octanol–water partition coefficient (Wildman–Crippen LogP) is 14.4. The third-order valence-corrected chi connectivity index (χ3v) is 19.8. The zero-order chi connectivity index (χ0) is 81.8. The van der Waals surface area contributed by atoms with E-state index in [2.05, 4.69) is 53.5 Å². The summed E-state index contributed by atoms with van der Waals surface area (Å²) in [7, 11) is 7.66. The van der Waals surface area contributed by atoms with Crippen LogP contribution in [0.15, 0.2) is 182 Å². The average Bonchev–Trinajstić information content (AvgIpc) is 1.62. The number of ether oxygens (including phenoxy) is 5. The molecule has 4 saturated heterocycles. The lowest BCUT2D eigenvalue weighted by atomic mass is 10.0. The normalized spacial score (nSPS) is 14.8. The Balaban J connectivity index is 0.000000201. The molecule has 4 fully saturated rings. The van der Waals surface area contributed by atoms with Gasteiger partial charge in [-0.05, 0) is 200 Å². The van der Waals surface area contributed by atoms with Crippen molar-refractivity contribution in [3.05, 3.63) is 226 Å². The Labute approximate surface area is 694 Å². The highest BCUT2D eigenvalue weighted by Gasteiger charge is 2.31. The lowest BCUT2D eigenvalue weighted by molar-refractivity contribution is -0.121. The number of amides is 3. The summed E-state index contributed by atoms with van der Waals surface area (Å²) >= 11 is 5.46. The largest absolute Gasteiger partial charge is 0.465 e. The monoisotopic (exact) mass is 1640 g/mol. The molecule has 8 aromatic carbocycles. The van der Waals surface area contributed by atoms with Gasteiger partial charge < -0.3 is 71.1 Å². The zero-order valence-corrected chi connectivity index (χ0v) is 68.9. The first kappa shape index (κ1) is 92.0. The molecule has 4 heterocycles. The second-order valence-electron chi connectivity index (χ2n) is 28.8. The maximum atomic E-state index is 12.7. The molecule has 0 radical (unpaired) electrons. The highest BCUT2D eigenvalue weighted by atomic mass is 35.5. The van der Waals surface area contributed by atoms with Gasteiger partial charge in [-0.1, -0.05) is 97.1 Å². The third kappa shape index (κ3) is 26.2. The second-order valence-corrected chi connectivity index (χ2v) is 29.0. The first-order valence-electron chi connectivity index (χ1n) is 38.0. The summed E-state index contributed by atoms with van der Waals surface area (Å²) in [6.45, 7) is 12.6. The van der Waals surface area contributed by atoms with Crippen molar-refractivity contribution < 1.29 is 71.6 Å². The van der Waals surface area contributed by atoms with Crippen molar-refractivity contribution in [2.75, 3.05) is 133 Å². The number of methoxy groups -OCH3 is 4. The number of nitrogens with zero attached hydrogens (tertiary/aromatic N) is 3. The van der Waals surface area contributed by atoms with Crippen LogP contribution in [0.1, 0.15) is 145 Å². The van der Waals surface area contributed by atoms with Crippen LogP contribution in [-0.2, 0) is 38.1 Å². The van der Waals surface area contributed by atoms with E-state index in [9.17, 15) is 47.9 Å². The Hall–Kier alpha value is -11.2. The summed E-state index contributed by atoms with van der Waals surface area (Å²) in [5, 5.41) is 19.3. The lowest BCUT2D eigenvalue weighted by Gasteiger charge is -2.32. The van der Waals surface area contributed by atoms with Gasteiger partial charge in [-0.2, -0.15) is 0 Å². The van der Waals surface area contributed by atoms with Gasteiger partial charge in [0.05, 0.1) is 57.2 Å². The summed E-state index contributed by atoms with van der Waals surface area (Å²) in [6.07, 6.45) is 6.69. The van der Waals surface area contributed by atoms with E-state index in [1.807, 2.05) is 136 Å². The minimum absolute atomic E-state index is 0. The number of esters is 4. The molecule has 116 heavy (non-hydrogen) atoms. The van der Waals surface area contributed by atoms with Crippen molar-refractivity contribution in [2.45, 2.75) is 95.9 Å². The average molecular weight is 1650 g/mol. The third-order valence-electron chi connectivity index (χ3n) is 19.6. The smallest absolute Gasteiger partial charge is 0.410 e. The fourth-order valence-electron chi connectivity index (χ4n) is 13.6. The molecule has 0 spiro atoms. The number of fused-ring (bicyclic) bond motifs is 6. The summed E-state index contributed by atoms with van der Waals surface area (Å²) in [4.78, 5) is 123. The Morgan fingerprint density at radius 1 is 0.448 bits per heavy atom. The van der Waals surface area contributed by atoms with Gasteiger partial charge >= 0.3 is 30.0 Å². The number of Topliss-reactive ketones (excluding diaryl/α,β-unsaturated/α-hetero) is 1. The number of alkyl halides is 1. The van der Waals surface area contributed by atoms with Crippen LogP contribution in [-0.4, -0.2) is 198 Å². The fraction of sp³-hybridized carbons (Fsp3) is 0.341. The van der Waals surface area contributed by atoms with Crippen molar-refractivity contribution in [1.29, 1.82) is 0 Å². The first-order valence-corrected chi connectivity index (χ1v) is 38.5. The first-order chi connectivity index (χ1) is 54.9. The van der Waals surface area contributed by atoms with Gasteiger partial charge in [0.25, 0.3) is 0 Å². The van der Waals surface area contributed by atoms with Crippen LogP contribution in [0.3, 0.4) is 0 Å². The number of anilines is 6. The van der Waals surface area contributed by atoms with Crippen LogP contribution >= 0.6 is 36.4 Å². The minimum atomic E-state index is -0.460. The maximum Gasteiger partial charge on any atom is 0.410 e. The maximum absolute atomic E-state index is 12.7. The summed E-state index contributed by atoms with van der Waals surface area (Å²) in [5.74, 6) is -1.49. The van der Waals surface area contributed by atoms with Gasteiger partial charge in [0.1, 0.15) is 17.3 Å². The van der Waals surface area contributed by atoms with E-state index in [1.54, 1.807) is 71.6 Å². The van der Waals surface area contributed by atoms with E-state index in [0.717, 1.165) is 117 Å². The number of ketones is 3. The fourth-order valence-corrected chi connectivity index (χ4v) is 13.6. The van der Waals surface area contributed by atoms with Crippen molar-refractivity contribution in [2.24, 2.45) is 0 Å². The van der Waals surface area contributed by atoms with Crippen LogP contribution in [0.2, 0.25) is 0 Å². The molecule has 0 saturated carbocycles. The van der Waals surface area contributed by atoms with Gasteiger partial charge in [-0.3, -0.25) is 28.9 Å². The van der Waals surface area contributed by atoms with E-state index in [4.69, 9.17) is 36.3 Å². The Morgan fingerprint density at radius 3 is 1.21 bits per heavy atom. The molecular weight excluding hydrogens is 1540 g/mol. The van der Waals surface area contributed by atoms with Crippen molar-refractivity contribution >= 4 is 130 Å². The molecule has 0 aromatic heterocycles. The van der Waals surface area contributed by atoms with Crippen LogP contribution in [0.5, 0.6) is 0 Å². The summed E-state index contributed by atoms with van der Waals surface area (Å²) in [6, 6.07) is 56.0. The van der Waals surface area contributed by atoms with Gasteiger partial charge in [0, 0.05) is 114 Å². The predicted molar refractivity (Wildman–Crippen MR) is 457 cm³/mol. The topological polar surface area (TPSA) is 325 Å². The number of piperidine rings is 4. The Kier molecular flexibility index (Phi) is 35.8. The molecule has 2 aliphatic carbocycles. The van der Waals surface area contributed by atoms with E-state index in [1.165, 1.54) is 28.4 Å². The van der Waals surface area contributed by atoms with E-state index in [-0.39, 0.29) is 89.9 Å². The molecule has 6 aliphatic rings. The molecule has 0 unspecified atom stereocenters. The lowest BCUT2D eigenvalue weighted by Crippen LogP contribution is -2.42. The molecule has 0 bridgehead atoms. The van der Waals surface area contributed by atoms with E-state index >= 15 is 0 Å². The number of nitrogens with two attached hydrogens (primary N) is 1. The second kappa shape index (κ2) is 45.2. The number of carbonyl (C=O) groups excluding carboxylic acids is 10. The molecule has 8 N–H and O–H groups in total. The molecule has 14 rings (SSSR count). The van der Waals surface area contributed by atoms with Gasteiger partial charge in [-0.15, -0.1) is 36.4 Å². The molecule has 25 nitrogen and oxygen atoms in total. The highest BCUT2D eigenvalue weighted by molar-refractivity contribution is 6.29. The molecular formula is C88H103Cl3N10O15. The number of nitrogens with one attached hydrogen (secondary N) is 6. The van der Waals surface area contributed by atoms with Crippen molar-refractivity contribution in [1.82, 2.24) is 20.0 Å². The quantitative estimate of drug-likeness (QED) is 0.0217. The van der Waals surface area contributed by atoms with Gasteiger partial charge in [0.2, 0.25) is 11.8 Å². The number of rotatable bonds is 15. The molecule has 3 amide bonds. The molecule has 28 heteroatoms. The summed E-state index contributed by atoms with van der Waals surface area (Å²) < 4.78 is 24.1. The zero-order valence-electron chi connectivity index (χ0n) is 66.5. The highest BCUT2D eigenvalue weighted by Crippen LogP contribution is 2.40. The minimum Gasteiger partial charge on any atom is -0.465 e. The number of para-hydroxylation sites is 4. The van der Waals surface area contributed by atoms with Crippen LogP contribution in [0, 0.1) is 0 Å². The molecule has 4 aliphatic heterocycles. The Morgan fingerprint density at radius 2 is 0.802 bits per heavy atom. The Bertz CT molecular complexity index is 4720. The number of benzene rings is 8. The number of likely N-dealkylation sites (tertiary alicyclic amines) is 3. The van der Waals surface area contributed by atoms with Crippen LogP contribution in [0.25, 0.3) is 22.3 Å². The summed E-state index contributed by atoms with van der Waals surface area (Å²) in [5.41, 5.74) is 17.8. The number of carbonyl (C=O) groups is 10. The van der Waals surface area contributed by atoms with E-state index < -0.39 is 11.6 Å². The van der Waals surface area contributed by atoms with Gasteiger partial charge in [-0.25, -0.2) is 24.0 Å². The number of hydrogen-bond acceptors (Lipinski definition) is 22. The van der Waals surface area contributed by atoms with E-state index in [0.29, 0.717) is 106 Å². The van der Waals surface area contributed by atoms with Gasteiger partial charge in [0.15, 0.2) is 11.6 Å². The van der Waals surface area contributed by atoms with Crippen molar-refractivity contribution in [3.63, 3.8) is 0 Å². The number of halogens is 3. The van der Waals surface area contributed by atoms with Crippen LogP contribution < -0.4 is 37.6 Å².